The molecule has 1 aliphatic rings. The highest BCUT2D eigenvalue weighted by atomic mass is 32.2. The van der Waals surface area contributed by atoms with Crippen LogP contribution < -0.4 is 4.72 Å². The second-order valence-electron chi connectivity index (χ2n) is 6.38. The van der Waals surface area contributed by atoms with Gasteiger partial charge in [-0.15, -0.1) is 0 Å². The van der Waals surface area contributed by atoms with E-state index in [9.17, 15) is 23.3 Å². The Labute approximate surface area is 157 Å². The van der Waals surface area contributed by atoms with Crippen LogP contribution in [0.2, 0.25) is 0 Å². The Morgan fingerprint density at radius 2 is 1.89 bits per heavy atom. The molecule has 27 heavy (non-hydrogen) atoms. The molecular weight excluding hydrogens is 370 g/mol. The number of hydrogen-bond acceptors (Lipinski definition) is 5. The molecule has 9 heteroatoms. The van der Waals surface area contributed by atoms with Gasteiger partial charge in [-0.1, -0.05) is 30.3 Å². The van der Waals surface area contributed by atoms with Crippen LogP contribution >= 0.6 is 0 Å². The predicted molar refractivity (Wildman–Crippen MR) is 98.4 cm³/mol. The van der Waals surface area contributed by atoms with Crippen LogP contribution in [0.5, 0.6) is 0 Å². The highest BCUT2D eigenvalue weighted by molar-refractivity contribution is 7.89. The van der Waals surface area contributed by atoms with Crippen LogP contribution in [0.25, 0.3) is 0 Å². The number of non-ortho nitro benzene ring substituents is 1. The number of carbonyl (C=O) groups is 1. The highest BCUT2D eigenvalue weighted by Gasteiger charge is 2.28. The highest BCUT2D eigenvalue weighted by Crippen LogP contribution is 2.20. The molecule has 0 spiro atoms. The molecule has 0 saturated carbocycles. The fourth-order valence-electron chi connectivity index (χ4n) is 3.07. The molecular formula is C18H19N3O5S. The van der Waals surface area contributed by atoms with E-state index in [4.69, 9.17) is 0 Å². The Kier molecular flexibility index (Phi) is 5.24. The molecule has 1 amide bonds. The van der Waals surface area contributed by atoms with Crippen LogP contribution in [0, 0.1) is 10.1 Å². The summed E-state index contributed by atoms with van der Waals surface area (Å²) in [6.07, 6.45) is 0.715. The summed E-state index contributed by atoms with van der Waals surface area (Å²) in [6, 6.07) is 11.6. The number of rotatable bonds is 5. The molecule has 8 nitrogen and oxygen atoms in total. The van der Waals surface area contributed by atoms with E-state index in [1.54, 1.807) is 4.90 Å². The van der Waals surface area contributed by atoms with Crippen molar-refractivity contribution >= 4 is 21.6 Å². The lowest BCUT2D eigenvalue weighted by molar-refractivity contribution is -0.385. The summed E-state index contributed by atoms with van der Waals surface area (Å²) in [7, 11) is -4.06. The fourth-order valence-corrected chi connectivity index (χ4v) is 4.31. The number of amides is 1. The van der Waals surface area contributed by atoms with Gasteiger partial charge in [-0.25, -0.2) is 8.42 Å². The zero-order valence-electron chi connectivity index (χ0n) is 14.7. The number of nitro groups is 1. The van der Waals surface area contributed by atoms with Crippen LogP contribution in [-0.2, 0) is 27.8 Å². The fraction of sp³-hybridized carbons (Fsp3) is 0.278. The van der Waals surface area contributed by atoms with Crippen molar-refractivity contribution in [3.8, 4) is 0 Å². The van der Waals surface area contributed by atoms with Gasteiger partial charge in [-0.2, -0.15) is 4.72 Å². The van der Waals surface area contributed by atoms with E-state index < -0.39 is 21.0 Å². The molecule has 1 aliphatic heterocycles. The van der Waals surface area contributed by atoms with Gasteiger partial charge in [0.05, 0.1) is 15.9 Å². The van der Waals surface area contributed by atoms with Crippen molar-refractivity contribution in [3.63, 3.8) is 0 Å². The molecule has 1 heterocycles. The van der Waals surface area contributed by atoms with Crippen molar-refractivity contribution < 1.29 is 18.1 Å². The maximum Gasteiger partial charge on any atom is 0.270 e. The van der Waals surface area contributed by atoms with Crippen molar-refractivity contribution in [1.29, 1.82) is 0 Å². The first-order valence-corrected chi connectivity index (χ1v) is 9.88. The van der Waals surface area contributed by atoms with E-state index in [-0.39, 0.29) is 16.5 Å². The second kappa shape index (κ2) is 7.45. The SMILES string of the molecule is C[C@@H](NS(=O)(=O)c1cccc([N+](=O)[O-])c1)C(=O)N1CCc2ccccc2C1. The van der Waals surface area contributed by atoms with Gasteiger partial charge in [-0.3, -0.25) is 14.9 Å². The molecule has 1 atom stereocenters. The van der Waals surface area contributed by atoms with Gasteiger partial charge in [0.1, 0.15) is 0 Å². The minimum absolute atomic E-state index is 0.250. The average Bonchev–Trinajstić information content (AvgIpc) is 2.66. The van der Waals surface area contributed by atoms with Gasteiger partial charge in [0, 0.05) is 25.2 Å². The van der Waals surface area contributed by atoms with Crippen LogP contribution in [0.15, 0.2) is 53.4 Å². The Balaban J connectivity index is 1.73. The van der Waals surface area contributed by atoms with Gasteiger partial charge in [0.15, 0.2) is 0 Å². The lowest BCUT2D eigenvalue weighted by Gasteiger charge is -2.31. The number of fused-ring (bicyclic) bond motifs is 1. The molecule has 0 radical (unpaired) electrons. The first-order valence-electron chi connectivity index (χ1n) is 8.40. The van der Waals surface area contributed by atoms with E-state index in [0.717, 1.165) is 11.6 Å². The van der Waals surface area contributed by atoms with Gasteiger partial charge in [0.25, 0.3) is 5.69 Å². The topological polar surface area (TPSA) is 110 Å². The molecule has 142 valence electrons. The molecule has 0 unspecified atom stereocenters. The number of carbonyl (C=O) groups excluding carboxylic acids is 1. The maximum atomic E-state index is 12.7. The molecule has 2 aromatic rings. The number of nitrogens with one attached hydrogen (secondary N) is 1. The molecule has 0 fully saturated rings. The standard InChI is InChI=1S/C18H19N3O5S/c1-13(18(22)20-10-9-14-5-2-3-6-15(14)12-20)19-27(25,26)17-8-4-7-16(11-17)21(23)24/h2-8,11,13,19H,9-10,12H2,1H3/t13-/m1/s1. The summed E-state index contributed by atoms with van der Waals surface area (Å²) >= 11 is 0. The smallest absolute Gasteiger partial charge is 0.270 e. The molecule has 3 rings (SSSR count). The summed E-state index contributed by atoms with van der Waals surface area (Å²) in [5.74, 6) is -0.335. The number of benzene rings is 2. The summed E-state index contributed by atoms with van der Waals surface area (Å²) in [5, 5.41) is 10.8. The minimum atomic E-state index is -4.06. The number of nitrogens with zero attached hydrogens (tertiary/aromatic N) is 2. The largest absolute Gasteiger partial charge is 0.337 e. The van der Waals surface area contributed by atoms with Crippen molar-refractivity contribution in [2.75, 3.05) is 6.54 Å². The first-order chi connectivity index (χ1) is 12.8. The van der Waals surface area contributed by atoms with Gasteiger partial charge in [-0.05, 0) is 30.5 Å². The third kappa shape index (κ3) is 4.15. The van der Waals surface area contributed by atoms with Gasteiger partial charge >= 0.3 is 0 Å². The van der Waals surface area contributed by atoms with E-state index in [1.165, 1.54) is 30.7 Å². The Morgan fingerprint density at radius 1 is 1.19 bits per heavy atom. The van der Waals surface area contributed by atoms with Crippen LogP contribution in [0.1, 0.15) is 18.1 Å². The Morgan fingerprint density at radius 3 is 2.59 bits per heavy atom. The summed E-state index contributed by atoms with van der Waals surface area (Å²) in [5.41, 5.74) is 1.90. The van der Waals surface area contributed by atoms with Crippen LogP contribution in [-0.4, -0.2) is 36.7 Å². The van der Waals surface area contributed by atoms with Gasteiger partial charge < -0.3 is 4.90 Å². The van der Waals surface area contributed by atoms with Crippen molar-refractivity contribution in [2.45, 2.75) is 30.8 Å². The summed E-state index contributed by atoms with van der Waals surface area (Å²) < 4.78 is 27.3. The third-order valence-corrected chi connectivity index (χ3v) is 6.02. The Bertz CT molecular complexity index is 990. The van der Waals surface area contributed by atoms with Crippen molar-refractivity contribution in [2.24, 2.45) is 0 Å². The zero-order valence-corrected chi connectivity index (χ0v) is 15.5. The van der Waals surface area contributed by atoms with E-state index in [0.29, 0.717) is 19.5 Å². The summed E-state index contributed by atoms with van der Waals surface area (Å²) in [6.45, 7) is 2.41. The average molecular weight is 389 g/mol. The van der Waals surface area contributed by atoms with Gasteiger partial charge in [0.2, 0.25) is 15.9 Å². The van der Waals surface area contributed by atoms with E-state index in [1.807, 2.05) is 24.3 Å². The number of hydrogen-bond donors (Lipinski definition) is 1. The number of sulfonamides is 1. The number of nitro benzene ring substituents is 1. The predicted octanol–water partition coefficient (Wildman–Crippen LogP) is 1.85. The lowest BCUT2D eigenvalue weighted by atomic mass is 9.99. The van der Waals surface area contributed by atoms with Crippen molar-refractivity contribution in [3.05, 3.63) is 69.8 Å². The molecule has 1 N–H and O–H groups in total. The van der Waals surface area contributed by atoms with E-state index in [2.05, 4.69) is 4.72 Å². The lowest BCUT2D eigenvalue weighted by Crippen LogP contribution is -2.48. The minimum Gasteiger partial charge on any atom is -0.337 e. The maximum absolute atomic E-state index is 12.7. The molecule has 0 aromatic heterocycles. The van der Waals surface area contributed by atoms with E-state index >= 15 is 0 Å². The van der Waals surface area contributed by atoms with Crippen LogP contribution in [0.3, 0.4) is 0 Å². The normalized spacial score (nSPS) is 15.1. The quantitative estimate of drug-likeness (QED) is 0.620. The molecule has 0 bridgehead atoms. The first kappa shape index (κ1) is 19.0. The molecule has 0 saturated heterocycles. The zero-order chi connectivity index (χ0) is 19.6. The third-order valence-electron chi connectivity index (χ3n) is 4.48. The van der Waals surface area contributed by atoms with Crippen LogP contribution in [0.4, 0.5) is 5.69 Å². The second-order valence-corrected chi connectivity index (χ2v) is 8.09. The summed E-state index contributed by atoms with van der Waals surface area (Å²) in [4.78, 5) is 24.2. The monoisotopic (exact) mass is 389 g/mol. The Hall–Kier alpha value is -2.78. The molecule has 0 aliphatic carbocycles. The molecule has 2 aromatic carbocycles. The van der Waals surface area contributed by atoms with Crippen molar-refractivity contribution in [1.82, 2.24) is 9.62 Å².